The summed E-state index contributed by atoms with van der Waals surface area (Å²) in [4.78, 5) is 23.2. The highest BCUT2D eigenvalue weighted by Gasteiger charge is 2.54. The number of anilines is 1. The summed E-state index contributed by atoms with van der Waals surface area (Å²) in [5.74, 6) is 2.75. The monoisotopic (exact) mass is 374 g/mol. The number of amides is 1. The third-order valence-electron chi connectivity index (χ3n) is 6.76. The van der Waals surface area contributed by atoms with Crippen molar-refractivity contribution in [3.05, 3.63) is 28.3 Å². The number of hydrogen-bond donors (Lipinski definition) is 2. The fourth-order valence-electron chi connectivity index (χ4n) is 6.13. The molecule has 27 heavy (non-hydrogen) atoms. The molecule has 4 fully saturated rings. The molecule has 0 spiro atoms. The van der Waals surface area contributed by atoms with Crippen LogP contribution in [0, 0.1) is 27.9 Å². The molecule has 1 aromatic rings. The van der Waals surface area contributed by atoms with Gasteiger partial charge in [0, 0.05) is 25.3 Å². The summed E-state index contributed by atoms with van der Waals surface area (Å²) < 4.78 is 5.22. The number of nitro benzene ring substituents is 1. The molecule has 5 rings (SSSR count). The third kappa shape index (κ3) is 3.52. The predicted octanol–water partition coefficient (Wildman–Crippen LogP) is 2.46. The number of quaternary nitrogens is 1. The molecular formula is C20H28N3O4+. The average Bonchev–Trinajstić information content (AvgIpc) is 2.60. The van der Waals surface area contributed by atoms with E-state index < -0.39 is 4.92 Å². The standard InChI is InChI=1S/C20H27N3O4/c1-12(22-20-9-13-5-14(10-20)7-15(6-13)11-20)19(24)21-17-4-3-16(23(25)26)8-18(17)27-2/h3-4,8,12-15,22H,5-7,9-11H2,1-2H3,(H,21,24)/p+1/t12-,13?,14?,15?,20?/m1/s1. The van der Waals surface area contributed by atoms with Crippen LogP contribution in [0.15, 0.2) is 18.2 Å². The van der Waals surface area contributed by atoms with E-state index in [1.807, 2.05) is 6.92 Å². The number of hydrogen-bond acceptors (Lipinski definition) is 4. The van der Waals surface area contributed by atoms with Gasteiger partial charge in [0.2, 0.25) is 0 Å². The molecule has 146 valence electrons. The number of benzene rings is 1. The molecule has 4 saturated carbocycles. The number of nitro groups is 1. The van der Waals surface area contributed by atoms with Crippen molar-refractivity contribution in [1.82, 2.24) is 0 Å². The summed E-state index contributed by atoms with van der Waals surface area (Å²) in [6.45, 7) is 1.95. The second-order valence-electron chi connectivity index (χ2n) is 8.87. The van der Waals surface area contributed by atoms with Gasteiger partial charge in [-0.2, -0.15) is 0 Å². The van der Waals surface area contributed by atoms with E-state index in [1.54, 1.807) is 0 Å². The van der Waals surface area contributed by atoms with Gasteiger partial charge < -0.3 is 15.4 Å². The number of carbonyl (C=O) groups excluding carboxylic acids is 1. The van der Waals surface area contributed by atoms with Crippen LogP contribution in [-0.2, 0) is 4.79 Å². The molecule has 1 atom stereocenters. The summed E-state index contributed by atoms with van der Waals surface area (Å²) in [6.07, 6.45) is 7.85. The summed E-state index contributed by atoms with van der Waals surface area (Å²) in [7, 11) is 1.44. The van der Waals surface area contributed by atoms with Crippen LogP contribution in [0.4, 0.5) is 11.4 Å². The number of carbonyl (C=O) groups is 1. The van der Waals surface area contributed by atoms with Crippen LogP contribution in [0.25, 0.3) is 0 Å². The van der Waals surface area contributed by atoms with Crippen molar-refractivity contribution in [1.29, 1.82) is 0 Å². The smallest absolute Gasteiger partial charge is 0.282 e. The molecule has 0 aliphatic heterocycles. The highest BCUT2D eigenvalue weighted by molar-refractivity contribution is 5.95. The van der Waals surface area contributed by atoms with Crippen LogP contribution in [0.1, 0.15) is 45.4 Å². The SMILES string of the molecule is COc1cc([N+](=O)[O-])ccc1NC(=O)[C@@H](C)[NH2+]C12CC3CC(CC(C3)C1)C2. The zero-order valence-corrected chi connectivity index (χ0v) is 15.9. The Bertz CT molecular complexity index is 728. The lowest BCUT2D eigenvalue weighted by Gasteiger charge is -2.55. The molecule has 0 saturated heterocycles. The van der Waals surface area contributed by atoms with Gasteiger partial charge in [-0.1, -0.05) is 0 Å². The van der Waals surface area contributed by atoms with Crippen LogP contribution in [0.3, 0.4) is 0 Å². The van der Waals surface area contributed by atoms with E-state index in [0.717, 1.165) is 17.8 Å². The van der Waals surface area contributed by atoms with E-state index in [2.05, 4.69) is 10.6 Å². The molecule has 1 amide bonds. The molecule has 3 N–H and O–H groups in total. The van der Waals surface area contributed by atoms with Crippen LogP contribution in [-0.4, -0.2) is 29.5 Å². The molecule has 4 aliphatic carbocycles. The van der Waals surface area contributed by atoms with Crippen molar-refractivity contribution in [2.24, 2.45) is 17.8 Å². The minimum atomic E-state index is -0.475. The zero-order chi connectivity index (χ0) is 19.2. The molecule has 4 bridgehead atoms. The van der Waals surface area contributed by atoms with E-state index in [-0.39, 0.29) is 23.2 Å². The summed E-state index contributed by atoms with van der Waals surface area (Å²) in [5, 5.41) is 16.1. The molecule has 0 unspecified atom stereocenters. The van der Waals surface area contributed by atoms with E-state index in [0.29, 0.717) is 11.4 Å². The van der Waals surface area contributed by atoms with Crippen molar-refractivity contribution in [2.45, 2.75) is 57.0 Å². The van der Waals surface area contributed by atoms with Crippen molar-refractivity contribution >= 4 is 17.3 Å². The topological polar surface area (TPSA) is 98.1 Å². The summed E-state index contributed by atoms with van der Waals surface area (Å²) >= 11 is 0. The number of ether oxygens (including phenoxy) is 1. The maximum absolute atomic E-state index is 12.8. The van der Waals surface area contributed by atoms with E-state index in [4.69, 9.17) is 4.74 Å². The number of nitrogens with zero attached hydrogens (tertiary/aromatic N) is 1. The summed E-state index contributed by atoms with van der Waals surface area (Å²) in [5.41, 5.74) is 0.641. The van der Waals surface area contributed by atoms with Gasteiger partial charge in [-0.15, -0.1) is 0 Å². The fraction of sp³-hybridized carbons (Fsp3) is 0.650. The lowest BCUT2D eigenvalue weighted by molar-refractivity contribution is -0.754. The average molecular weight is 374 g/mol. The van der Waals surface area contributed by atoms with E-state index >= 15 is 0 Å². The third-order valence-corrected chi connectivity index (χ3v) is 6.76. The molecule has 4 aliphatic rings. The predicted molar refractivity (Wildman–Crippen MR) is 101 cm³/mol. The van der Waals surface area contributed by atoms with Crippen molar-refractivity contribution in [3.8, 4) is 5.75 Å². The first kappa shape index (κ1) is 18.2. The molecule has 0 aromatic heterocycles. The highest BCUT2D eigenvalue weighted by atomic mass is 16.6. The second-order valence-corrected chi connectivity index (χ2v) is 8.87. The Morgan fingerprint density at radius 3 is 2.37 bits per heavy atom. The minimum absolute atomic E-state index is 0.0574. The Morgan fingerprint density at radius 2 is 1.85 bits per heavy atom. The van der Waals surface area contributed by atoms with Gasteiger partial charge in [0.25, 0.3) is 11.6 Å². The van der Waals surface area contributed by atoms with Gasteiger partial charge in [-0.25, -0.2) is 0 Å². The van der Waals surface area contributed by atoms with Gasteiger partial charge in [-0.05, 0) is 50.0 Å². The van der Waals surface area contributed by atoms with Crippen molar-refractivity contribution < 1.29 is 19.8 Å². The lowest BCUT2D eigenvalue weighted by Crippen LogP contribution is -3.03. The Kier molecular flexibility index (Phi) is 4.58. The van der Waals surface area contributed by atoms with Crippen LogP contribution in [0.5, 0.6) is 5.75 Å². The van der Waals surface area contributed by atoms with Crippen molar-refractivity contribution in [3.63, 3.8) is 0 Å². The van der Waals surface area contributed by atoms with Crippen LogP contribution < -0.4 is 15.4 Å². The first-order valence-electron chi connectivity index (χ1n) is 9.87. The fourth-order valence-corrected chi connectivity index (χ4v) is 6.13. The maximum atomic E-state index is 12.8. The van der Waals surface area contributed by atoms with E-state index in [9.17, 15) is 14.9 Å². The molecular weight excluding hydrogens is 346 g/mol. The van der Waals surface area contributed by atoms with Gasteiger partial charge in [0.15, 0.2) is 6.04 Å². The number of rotatable bonds is 6. The van der Waals surface area contributed by atoms with Gasteiger partial charge in [-0.3, -0.25) is 14.9 Å². The van der Waals surface area contributed by atoms with Gasteiger partial charge in [0.1, 0.15) is 5.75 Å². The lowest BCUT2D eigenvalue weighted by atomic mass is 9.53. The first-order chi connectivity index (χ1) is 12.9. The zero-order valence-electron chi connectivity index (χ0n) is 15.9. The van der Waals surface area contributed by atoms with Crippen molar-refractivity contribution in [2.75, 3.05) is 12.4 Å². The minimum Gasteiger partial charge on any atom is -0.494 e. The summed E-state index contributed by atoms with van der Waals surface area (Å²) in [6, 6.07) is 4.04. The number of non-ortho nitro benzene ring substituents is 1. The quantitative estimate of drug-likeness (QED) is 0.590. The molecule has 7 nitrogen and oxygen atoms in total. The Labute approximate surface area is 159 Å². The van der Waals surface area contributed by atoms with Crippen LogP contribution in [0.2, 0.25) is 0 Å². The normalized spacial score (nSPS) is 32.1. The maximum Gasteiger partial charge on any atom is 0.282 e. The van der Waals surface area contributed by atoms with Gasteiger partial charge >= 0.3 is 0 Å². The Balaban J connectivity index is 1.43. The Morgan fingerprint density at radius 1 is 1.26 bits per heavy atom. The number of nitrogens with two attached hydrogens (primary N) is 1. The molecule has 0 radical (unpaired) electrons. The number of methoxy groups -OCH3 is 1. The first-order valence-corrected chi connectivity index (χ1v) is 9.87. The Hall–Kier alpha value is -2.15. The molecule has 1 aromatic carbocycles. The molecule has 7 heteroatoms. The largest absolute Gasteiger partial charge is 0.494 e. The van der Waals surface area contributed by atoms with E-state index in [1.165, 1.54) is 63.8 Å². The number of nitrogens with one attached hydrogen (secondary N) is 1. The highest BCUT2D eigenvalue weighted by Crippen LogP contribution is 2.54. The van der Waals surface area contributed by atoms with Gasteiger partial charge in [0.05, 0.1) is 29.3 Å². The second kappa shape index (κ2) is 6.78. The van der Waals surface area contributed by atoms with Crippen LogP contribution >= 0.6 is 0 Å². The molecule has 0 heterocycles.